The second-order valence-corrected chi connectivity index (χ2v) is 8.69. The number of hydrogen-bond donors (Lipinski definition) is 2. The standard InChI is InChI=1S/C24H29NO7S.Na/c26-10-12-31-14-16-32-15-13-30-11-9-19-1-5-22(6-2-19)25-23-7-3-21-18-24(33(27,28)29)8-4-20(21)17-23;/h1-8,17-18,25-26H,9-16H2,(H,27,28,29);/q;+1/p-1. The van der Waals surface area contributed by atoms with Crippen LogP contribution in [0.25, 0.3) is 10.8 Å². The van der Waals surface area contributed by atoms with E-state index in [2.05, 4.69) is 5.32 Å². The van der Waals surface area contributed by atoms with Crippen molar-refractivity contribution in [2.75, 3.05) is 51.6 Å². The number of aliphatic hydroxyl groups excluding tert-OH is 1. The van der Waals surface area contributed by atoms with Gasteiger partial charge >= 0.3 is 29.6 Å². The van der Waals surface area contributed by atoms with Crippen LogP contribution in [0, 0.1) is 0 Å². The molecule has 0 unspecified atom stereocenters. The SMILES string of the molecule is O=S(=O)([O-])c1ccc2cc(Nc3ccc(CCOCCOCCOCCO)cc3)ccc2c1.[Na+]. The molecule has 0 spiro atoms. The molecule has 0 bridgehead atoms. The third-order valence-electron chi connectivity index (χ3n) is 4.86. The average molecular weight is 498 g/mol. The van der Waals surface area contributed by atoms with E-state index in [1.807, 2.05) is 36.4 Å². The van der Waals surface area contributed by atoms with Crippen molar-refractivity contribution >= 4 is 32.3 Å². The molecule has 0 saturated heterocycles. The van der Waals surface area contributed by atoms with Gasteiger partial charge in [-0.15, -0.1) is 0 Å². The molecule has 0 fully saturated rings. The molecule has 3 aromatic carbocycles. The molecule has 0 aliphatic carbocycles. The first-order valence-electron chi connectivity index (χ1n) is 10.7. The summed E-state index contributed by atoms with van der Waals surface area (Å²) in [5.74, 6) is 0. The van der Waals surface area contributed by atoms with Crippen LogP contribution >= 0.6 is 0 Å². The largest absolute Gasteiger partial charge is 1.00 e. The molecular weight excluding hydrogens is 469 g/mol. The number of fused-ring (bicyclic) bond motifs is 1. The summed E-state index contributed by atoms with van der Waals surface area (Å²) >= 11 is 0. The number of anilines is 2. The Hall–Kier alpha value is -1.53. The average Bonchev–Trinajstić information content (AvgIpc) is 2.80. The topological polar surface area (TPSA) is 117 Å². The monoisotopic (exact) mass is 497 g/mol. The molecular formula is C24H28NNaO7S. The van der Waals surface area contributed by atoms with Crippen molar-refractivity contribution in [2.45, 2.75) is 11.3 Å². The van der Waals surface area contributed by atoms with Crippen molar-refractivity contribution in [3.8, 4) is 0 Å². The first-order chi connectivity index (χ1) is 16.0. The Morgan fingerprint density at radius 1 is 0.735 bits per heavy atom. The Labute approximate surface area is 222 Å². The van der Waals surface area contributed by atoms with Crippen LogP contribution in [0.4, 0.5) is 11.4 Å². The Kier molecular flexibility index (Phi) is 12.5. The van der Waals surface area contributed by atoms with Crippen molar-refractivity contribution in [1.29, 1.82) is 0 Å². The van der Waals surface area contributed by atoms with Crippen molar-refractivity contribution in [1.82, 2.24) is 0 Å². The minimum Gasteiger partial charge on any atom is -0.744 e. The number of aliphatic hydroxyl groups is 1. The Morgan fingerprint density at radius 2 is 1.29 bits per heavy atom. The smallest absolute Gasteiger partial charge is 0.744 e. The van der Waals surface area contributed by atoms with Crippen LogP contribution in [0.15, 0.2) is 65.6 Å². The van der Waals surface area contributed by atoms with Gasteiger partial charge in [0.25, 0.3) is 0 Å². The molecule has 10 heteroatoms. The summed E-state index contributed by atoms with van der Waals surface area (Å²) in [4.78, 5) is -0.230. The van der Waals surface area contributed by atoms with E-state index >= 15 is 0 Å². The van der Waals surface area contributed by atoms with E-state index in [0.717, 1.165) is 28.7 Å². The van der Waals surface area contributed by atoms with E-state index in [4.69, 9.17) is 19.3 Å². The number of rotatable bonds is 14. The molecule has 3 rings (SSSR count). The number of ether oxygens (including phenoxy) is 3. The molecule has 0 aromatic heterocycles. The molecule has 8 nitrogen and oxygen atoms in total. The van der Waals surface area contributed by atoms with Gasteiger partial charge < -0.3 is 29.2 Å². The van der Waals surface area contributed by atoms with E-state index in [0.29, 0.717) is 45.0 Å². The summed E-state index contributed by atoms with van der Waals surface area (Å²) in [6.07, 6.45) is 0.792. The summed E-state index contributed by atoms with van der Waals surface area (Å²) in [7, 11) is -4.47. The van der Waals surface area contributed by atoms with Crippen molar-refractivity contribution in [3.05, 3.63) is 66.2 Å². The Balaban J connectivity index is 0.00000408. The molecule has 0 aliphatic heterocycles. The predicted molar refractivity (Wildman–Crippen MR) is 125 cm³/mol. The maximum Gasteiger partial charge on any atom is 1.00 e. The maximum atomic E-state index is 11.2. The van der Waals surface area contributed by atoms with Gasteiger partial charge in [0.1, 0.15) is 10.1 Å². The minimum atomic E-state index is -4.47. The minimum absolute atomic E-state index is 0. The second-order valence-electron chi connectivity index (χ2n) is 7.31. The molecule has 34 heavy (non-hydrogen) atoms. The third kappa shape index (κ3) is 9.61. The van der Waals surface area contributed by atoms with Gasteiger partial charge in [0.2, 0.25) is 0 Å². The zero-order valence-corrected chi connectivity index (χ0v) is 22.1. The fourth-order valence-corrected chi connectivity index (χ4v) is 3.68. The van der Waals surface area contributed by atoms with Crippen molar-refractivity contribution in [2.24, 2.45) is 0 Å². The van der Waals surface area contributed by atoms with Gasteiger partial charge in [-0.3, -0.25) is 0 Å². The van der Waals surface area contributed by atoms with Crippen LogP contribution in [0.5, 0.6) is 0 Å². The molecule has 0 radical (unpaired) electrons. The van der Waals surface area contributed by atoms with E-state index in [1.165, 1.54) is 12.1 Å². The molecule has 0 saturated carbocycles. The maximum absolute atomic E-state index is 11.2. The summed E-state index contributed by atoms with van der Waals surface area (Å²) < 4.78 is 49.6. The van der Waals surface area contributed by atoms with Crippen molar-refractivity contribution < 1.29 is 61.8 Å². The molecule has 0 atom stereocenters. The first-order valence-corrected chi connectivity index (χ1v) is 12.1. The van der Waals surface area contributed by atoms with E-state index < -0.39 is 10.1 Å². The zero-order valence-electron chi connectivity index (χ0n) is 19.2. The van der Waals surface area contributed by atoms with E-state index in [9.17, 15) is 13.0 Å². The van der Waals surface area contributed by atoms with Crippen LogP contribution in [0.2, 0.25) is 0 Å². The van der Waals surface area contributed by atoms with Crippen LogP contribution in [-0.2, 0) is 30.7 Å². The Morgan fingerprint density at radius 3 is 1.94 bits per heavy atom. The molecule has 178 valence electrons. The first kappa shape index (κ1) is 28.7. The van der Waals surface area contributed by atoms with Gasteiger partial charge in [-0.2, -0.15) is 0 Å². The van der Waals surface area contributed by atoms with Crippen LogP contribution in [0.3, 0.4) is 0 Å². The fourth-order valence-electron chi connectivity index (χ4n) is 3.17. The normalized spacial score (nSPS) is 11.4. The summed E-state index contributed by atoms with van der Waals surface area (Å²) in [6.45, 7) is 2.92. The fraction of sp³-hybridized carbons (Fsp3) is 0.333. The number of nitrogens with one attached hydrogen (secondary N) is 1. The molecule has 2 N–H and O–H groups in total. The number of benzene rings is 3. The molecule has 0 amide bonds. The summed E-state index contributed by atoms with van der Waals surface area (Å²) in [5, 5.41) is 13.4. The third-order valence-corrected chi connectivity index (χ3v) is 5.69. The van der Waals surface area contributed by atoms with Crippen LogP contribution < -0.4 is 34.9 Å². The predicted octanol–water partition coefficient (Wildman–Crippen LogP) is 0.0761. The summed E-state index contributed by atoms with van der Waals surface area (Å²) in [5.41, 5.74) is 2.94. The quantitative estimate of drug-likeness (QED) is 0.183. The zero-order chi connectivity index (χ0) is 23.5. The van der Waals surface area contributed by atoms with Gasteiger partial charge in [-0.25, -0.2) is 8.42 Å². The van der Waals surface area contributed by atoms with Gasteiger partial charge in [-0.05, 0) is 59.2 Å². The number of hydrogen-bond acceptors (Lipinski definition) is 8. The Bertz CT molecular complexity index is 1120. The molecule has 0 aliphatic rings. The molecule has 0 heterocycles. The van der Waals surface area contributed by atoms with Gasteiger partial charge in [-0.1, -0.05) is 24.3 Å². The van der Waals surface area contributed by atoms with Crippen LogP contribution in [0.1, 0.15) is 5.56 Å². The van der Waals surface area contributed by atoms with Gasteiger partial charge in [0.05, 0.1) is 51.1 Å². The molecule has 3 aromatic rings. The van der Waals surface area contributed by atoms with E-state index in [1.54, 1.807) is 12.1 Å². The van der Waals surface area contributed by atoms with Crippen LogP contribution in [-0.4, -0.2) is 64.3 Å². The summed E-state index contributed by atoms with van der Waals surface area (Å²) in [6, 6.07) is 17.9. The van der Waals surface area contributed by atoms with Gasteiger partial charge in [0.15, 0.2) is 0 Å². The van der Waals surface area contributed by atoms with Crippen molar-refractivity contribution in [3.63, 3.8) is 0 Å². The second kappa shape index (κ2) is 14.8. The van der Waals surface area contributed by atoms with Gasteiger partial charge in [0, 0.05) is 11.4 Å². The van der Waals surface area contributed by atoms with E-state index in [-0.39, 0.29) is 41.1 Å².